The maximum absolute atomic E-state index is 12.4. The average molecular weight is 287 g/mol. The Morgan fingerprint density at radius 1 is 1.37 bits per heavy atom. The second-order valence-corrected chi connectivity index (χ2v) is 6.07. The predicted octanol–water partition coefficient (Wildman–Crippen LogP) is 1.94. The number of rotatable bonds is 6. The molecule has 0 atom stereocenters. The second kappa shape index (κ2) is 8.30. The monoisotopic (exact) mass is 287 g/mol. The van der Waals surface area contributed by atoms with Crippen molar-refractivity contribution in [3.63, 3.8) is 0 Å². The summed E-state index contributed by atoms with van der Waals surface area (Å²) in [4.78, 5) is 12.4. The Kier molecular flexibility index (Phi) is 7.05. The van der Waals surface area contributed by atoms with Crippen molar-refractivity contribution in [2.24, 2.45) is 16.3 Å². The number of carbonyl (C=O) groups excluding carboxylic acids is 1. The number of oxime groups is 1. The van der Waals surface area contributed by atoms with Crippen LogP contribution in [0.15, 0.2) is 5.16 Å². The highest BCUT2D eigenvalue weighted by molar-refractivity contribution is 7.98. The zero-order chi connectivity index (χ0) is 14.1. The molecule has 1 saturated carbocycles. The molecule has 0 aromatic rings. The van der Waals surface area contributed by atoms with E-state index in [1.165, 1.54) is 0 Å². The summed E-state index contributed by atoms with van der Waals surface area (Å²) in [7, 11) is 0. The van der Waals surface area contributed by atoms with Crippen molar-refractivity contribution in [3.05, 3.63) is 0 Å². The van der Waals surface area contributed by atoms with Gasteiger partial charge in [0, 0.05) is 6.54 Å². The molecule has 1 aliphatic rings. The molecule has 0 aromatic heterocycles. The Balaban J connectivity index is 2.69. The number of amidine groups is 1. The highest BCUT2D eigenvalue weighted by Crippen LogP contribution is 2.35. The summed E-state index contributed by atoms with van der Waals surface area (Å²) in [6.07, 6.45) is 8.47. The van der Waals surface area contributed by atoms with Crippen LogP contribution < -0.4 is 11.1 Å². The molecule has 6 heteroatoms. The quantitative estimate of drug-likeness (QED) is 0.174. The van der Waals surface area contributed by atoms with Crippen LogP contribution in [0.25, 0.3) is 0 Å². The van der Waals surface area contributed by atoms with E-state index in [-0.39, 0.29) is 11.7 Å². The van der Waals surface area contributed by atoms with E-state index in [0.29, 0.717) is 19.4 Å². The summed E-state index contributed by atoms with van der Waals surface area (Å²) in [6, 6.07) is 0. The molecule has 110 valence electrons. The first-order chi connectivity index (χ1) is 9.17. The van der Waals surface area contributed by atoms with Crippen LogP contribution >= 0.6 is 11.8 Å². The summed E-state index contributed by atoms with van der Waals surface area (Å²) >= 11 is 1.76. The van der Waals surface area contributed by atoms with Crippen LogP contribution in [0, 0.1) is 5.41 Å². The van der Waals surface area contributed by atoms with Gasteiger partial charge in [-0.15, -0.1) is 0 Å². The molecule has 0 bridgehead atoms. The topological polar surface area (TPSA) is 87.7 Å². The zero-order valence-electron chi connectivity index (χ0n) is 11.7. The molecular weight excluding hydrogens is 262 g/mol. The maximum atomic E-state index is 12.4. The molecule has 5 nitrogen and oxygen atoms in total. The fourth-order valence-corrected chi connectivity index (χ4v) is 3.05. The molecule has 19 heavy (non-hydrogen) atoms. The van der Waals surface area contributed by atoms with Crippen LogP contribution in [0.2, 0.25) is 0 Å². The van der Waals surface area contributed by atoms with E-state index in [1.807, 2.05) is 6.26 Å². The predicted molar refractivity (Wildman–Crippen MR) is 79.6 cm³/mol. The molecule has 0 unspecified atom stereocenters. The van der Waals surface area contributed by atoms with Crippen molar-refractivity contribution in [1.82, 2.24) is 5.32 Å². The lowest BCUT2D eigenvalue weighted by molar-refractivity contribution is -0.128. The summed E-state index contributed by atoms with van der Waals surface area (Å²) in [6.45, 7) is 0.653. The molecule has 0 aromatic carbocycles. The van der Waals surface area contributed by atoms with Gasteiger partial charge in [0.1, 0.15) is 5.41 Å². The van der Waals surface area contributed by atoms with Crippen molar-refractivity contribution < 1.29 is 10.0 Å². The SMILES string of the molecule is CSCCCNC(=O)C1(C(N)=NO)CCCCCC1. The van der Waals surface area contributed by atoms with E-state index in [4.69, 9.17) is 10.9 Å². The Labute approximate surface area is 119 Å². The van der Waals surface area contributed by atoms with Gasteiger partial charge in [-0.3, -0.25) is 4.79 Å². The van der Waals surface area contributed by atoms with Crippen LogP contribution in [0.1, 0.15) is 44.9 Å². The Morgan fingerprint density at radius 3 is 2.53 bits per heavy atom. The van der Waals surface area contributed by atoms with Gasteiger partial charge in [0.05, 0.1) is 0 Å². The largest absolute Gasteiger partial charge is 0.409 e. The average Bonchev–Trinajstić information content (AvgIpc) is 2.69. The molecule has 1 fully saturated rings. The molecule has 0 saturated heterocycles. The normalized spacial score (nSPS) is 19.7. The Morgan fingerprint density at radius 2 is 2.00 bits per heavy atom. The van der Waals surface area contributed by atoms with Crippen molar-refractivity contribution in [3.8, 4) is 0 Å². The molecule has 0 radical (unpaired) electrons. The molecule has 0 aliphatic heterocycles. The standard InChI is InChI=1S/C13H25N3O2S/c1-19-10-6-9-15-12(17)13(11(14)16-18)7-4-2-3-5-8-13/h18H,2-10H2,1H3,(H2,14,16)(H,15,17). The number of amides is 1. The third kappa shape index (κ3) is 4.30. The molecule has 1 aliphatic carbocycles. The van der Waals surface area contributed by atoms with Crippen LogP contribution in [0.3, 0.4) is 0 Å². The molecule has 0 spiro atoms. The fraction of sp³-hybridized carbons (Fsp3) is 0.846. The number of nitrogens with one attached hydrogen (secondary N) is 1. The van der Waals surface area contributed by atoms with Gasteiger partial charge in [0.25, 0.3) is 0 Å². The number of hydrogen-bond acceptors (Lipinski definition) is 4. The van der Waals surface area contributed by atoms with E-state index >= 15 is 0 Å². The van der Waals surface area contributed by atoms with Gasteiger partial charge in [-0.2, -0.15) is 11.8 Å². The van der Waals surface area contributed by atoms with E-state index < -0.39 is 5.41 Å². The summed E-state index contributed by atoms with van der Waals surface area (Å²) < 4.78 is 0. The van der Waals surface area contributed by atoms with Gasteiger partial charge in [-0.25, -0.2) is 0 Å². The highest BCUT2D eigenvalue weighted by atomic mass is 32.2. The zero-order valence-corrected chi connectivity index (χ0v) is 12.5. The molecular formula is C13H25N3O2S. The van der Waals surface area contributed by atoms with Crippen LogP contribution in [-0.4, -0.2) is 35.5 Å². The Bertz CT molecular complexity index is 313. The van der Waals surface area contributed by atoms with Gasteiger partial charge in [0.15, 0.2) is 5.84 Å². The number of nitrogens with zero attached hydrogens (tertiary/aromatic N) is 1. The van der Waals surface area contributed by atoms with Crippen molar-refractivity contribution in [2.45, 2.75) is 44.9 Å². The first-order valence-electron chi connectivity index (χ1n) is 6.92. The summed E-state index contributed by atoms with van der Waals surface area (Å²) in [5.74, 6) is 1.01. The first kappa shape index (κ1) is 16.1. The van der Waals surface area contributed by atoms with Crippen molar-refractivity contribution >= 4 is 23.5 Å². The van der Waals surface area contributed by atoms with E-state index in [0.717, 1.165) is 37.9 Å². The van der Waals surface area contributed by atoms with Gasteiger partial charge in [-0.05, 0) is 31.3 Å². The number of hydrogen-bond donors (Lipinski definition) is 3. The highest BCUT2D eigenvalue weighted by Gasteiger charge is 2.42. The van der Waals surface area contributed by atoms with E-state index in [9.17, 15) is 4.79 Å². The van der Waals surface area contributed by atoms with Gasteiger partial charge < -0.3 is 16.3 Å². The fourth-order valence-electron chi connectivity index (χ4n) is 2.61. The number of carbonyl (C=O) groups is 1. The molecule has 0 heterocycles. The molecule has 1 amide bonds. The summed E-state index contributed by atoms with van der Waals surface area (Å²) in [5.41, 5.74) is 5.02. The minimum absolute atomic E-state index is 0.0665. The third-order valence-corrected chi connectivity index (χ3v) is 4.50. The molecule has 4 N–H and O–H groups in total. The van der Waals surface area contributed by atoms with Gasteiger partial charge in [-0.1, -0.05) is 30.8 Å². The van der Waals surface area contributed by atoms with E-state index in [2.05, 4.69) is 10.5 Å². The minimum Gasteiger partial charge on any atom is -0.409 e. The third-order valence-electron chi connectivity index (χ3n) is 3.80. The van der Waals surface area contributed by atoms with E-state index in [1.54, 1.807) is 11.8 Å². The summed E-state index contributed by atoms with van der Waals surface area (Å²) in [5, 5.41) is 15.0. The van der Waals surface area contributed by atoms with Crippen LogP contribution in [0.5, 0.6) is 0 Å². The smallest absolute Gasteiger partial charge is 0.233 e. The minimum atomic E-state index is -0.801. The first-order valence-corrected chi connectivity index (χ1v) is 8.32. The van der Waals surface area contributed by atoms with Gasteiger partial charge in [0.2, 0.25) is 5.91 Å². The number of nitrogens with two attached hydrogens (primary N) is 1. The molecule has 1 rings (SSSR count). The van der Waals surface area contributed by atoms with Crippen LogP contribution in [-0.2, 0) is 4.79 Å². The lowest BCUT2D eigenvalue weighted by Crippen LogP contribution is -2.50. The van der Waals surface area contributed by atoms with Gasteiger partial charge >= 0.3 is 0 Å². The van der Waals surface area contributed by atoms with Crippen molar-refractivity contribution in [2.75, 3.05) is 18.6 Å². The lowest BCUT2D eigenvalue weighted by atomic mass is 9.78. The second-order valence-electron chi connectivity index (χ2n) is 5.08. The Hall–Kier alpha value is -0.910. The number of thioether (sulfide) groups is 1. The van der Waals surface area contributed by atoms with Crippen molar-refractivity contribution in [1.29, 1.82) is 0 Å². The van der Waals surface area contributed by atoms with Crippen LogP contribution in [0.4, 0.5) is 0 Å². The lowest BCUT2D eigenvalue weighted by Gasteiger charge is -2.29. The maximum Gasteiger partial charge on any atom is 0.233 e.